The lowest BCUT2D eigenvalue weighted by atomic mass is 10.1. The molecule has 3 aromatic rings. The fraction of sp³-hybridized carbons (Fsp3) is 0.143. The van der Waals surface area contributed by atoms with Crippen molar-refractivity contribution in [2.75, 3.05) is 6.26 Å². The molecule has 0 aliphatic heterocycles. The lowest BCUT2D eigenvalue weighted by Crippen LogP contribution is -2.22. The number of carbonyl (C=O) groups excluding carboxylic acids is 1. The third kappa shape index (κ3) is 3.36. The van der Waals surface area contributed by atoms with Crippen LogP contribution in [-0.2, 0) is 4.74 Å². The fourth-order valence-corrected chi connectivity index (χ4v) is 3.63. The SMILES string of the molecule is CSc1c(C#N)c(=O)n2ccccc2c1C(=O)OC(C)c1ccc(C#N)cc1. The van der Waals surface area contributed by atoms with E-state index in [1.54, 1.807) is 55.6 Å². The van der Waals surface area contributed by atoms with Crippen molar-refractivity contribution in [2.24, 2.45) is 0 Å². The van der Waals surface area contributed by atoms with Crippen LogP contribution in [0.1, 0.15) is 40.1 Å². The topological polar surface area (TPSA) is 95.4 Å². The summed E-state index contributed by atoms with van der Waals surface area (Å²) in [7, 11) is 0. The van der Waals surface area contributed by atoms with Crippen molar-refractivity contribution >= 4 is 23.2 Å². The molecule has 0 spiro atoms. The van der Waals surface area contributed by atoms with Gasteiger partial charge in [-0.25, -0.2) is 4.79 Å². The number of esters is 1. The van der Waals surface area contributed by atoms with Gasteiger partial charge >= 0.3 is 5.97 Å². The second-order valence-electron chi connectivity index (χ2n) is 5.94. The number of fused-ring (bicyclic) bond motifs is 1. The van der Waals surface area contributed by atoms with E-state index >= 15 is 0 Å². The van der Waals surface area contributed by atoms with Crippen LogP contribution < -0.4 is 5.56 Å². The quantitative estimate of drug-likeness (QED) is 0.499. The predicted molar refractivity (Wildman–Crippen MR) is 105 cm³/mol. The van der Waals surface area contributed by atoms with Gasteiger partial charge < -0.3 is 4.74 Å². The van der Waals surface area contributed by atoms with Crippen molar-refractivity contribution in [3.8, 4) is 12.1 Å². The third-order valence-electron chi connectivity index (χ3n) is 4.32. The Bertz CT molecular complexity index is 1200. The van der Waals surface area contributed by atoms with Gasteiger partial charge in [-0.3, -0.25) is 9.20 Å². The van der Waals surface area contributed by atoms with Gasteiger partial charge in [-0.2, -0.15) is 10.5 Å². The predicted octanol–water partition coefficient (Wildman–Crippen LogP) is 3.68. The highest BCUT2D eigenvalue weighted by Gasteiger charge is 2.25. The van der Waals surface area contributed by atoms with Gasteiger partial charge in [-0.15, -0.1) is 11.8 Å². The third-order valence-corrected chi connectivity index (χ3v) is 5.13. The zero-order valence-corrected chi connectivity index (χ0v) is 16.0. The minimum Gasteiger partial charge on any atom is -0.454 e. The number of pyridine rings is 2. The molecule has 1 unspecified atom stereocenters. The zero-order valence-electron chi connectivity index (χ0n) is 15.2. The van der Waals surface area contributed by atoms with E-state index in [1.807, 2.05) is 12.1 Å². The average molecular weight is 389 g/mol. The molecule has 138 valence electrons. The molecular weight excluding hydrogens is 374 g/mol. The minimum absolute atomic E-state index is 0.0887. The Labute approximate surface area is 165 Å². The molecule has 6 nitrogen and oxygen atoms in total. The van der Waals surface area contributed by atoms with Gasteiger partial charge in [0.05, 0.1) is 22.7 Å². The molecule has 0 bridgehead atoms. The Morgan fingerprint density at radius 2 is 1.86 bits per heavy atom. The number of hydrogen-bond donors (Lipinski definition) is 0. The molecule has 0 saturated carbocycles. The first kappa shape index (κ1) is 19.2. The normalized spacial score (nSPS) is 11.4. The van der Waals surface area contributed by atoms with Crippen molar-refractivity contribution in [1.29, 1.82) is 10.5 Å². The number of benzene rings is 1. The number of nitriles is 2. The van der Waals surface area contributed by atoms with Crippen LogP contribution in [0.15, 0.2) is 58.4 Å². The van der Waals surface area contributed by atoms with E-state index in [-0.39, 0.29) is 11.1 Å². The Morgan fingerprint density at radius 1 is 1.14 bits per heavy atom. The molecule has 2 aromatic heterocycles. The Balaban J connectivity index is 2.08. The summed E-state index contributed by atoms with van der Waals surface area (Å²) >= 11 is 1.16. The molecule has 1 atom stereocenters. The molecule has 0 fully saturated rings. The van der Waals surface area contributed by atoms with E-state index < -0.39 is 17.6 Å². The van der Waals surface area contributed by atoms with E-state index in [9.17, 15) is 14.9 Å². The van der Waals surface area contributed by atoms with Crippen LogP contribution in [-0.4, -0.2) is 16.6 Å². The minimum atomic E-state index is -0.624. The van der Waals surface area contributed by atoms with E-state index in [2.05, 4.69) is 0 Å². The van der Waals surface area contributed by atoms with Gasteiger partial charge in [0.25, 0.3) is 5.56 Å². The van der Waals surface area contributed by atoms with E-state index in [0.717, 1.165) is 17.3 Å². The standard InChI is InChI=1S/C21H15N3O3S/c1-13(15-8-6-14(11-22)7-9-15)27-21(26)18-17-5-3-4-10-24(17)20(25)16(12-23)19(18)28-2/h3-10,13H,1-2H3. The summed E-state index contributed by atoms with van der Waals surface area (Å²) in [5.41, 5.74) is 1.25. The summed E-state index contributed by atoms with van der Waals surface area (Å²) in [6, 6.07) is 15.7. The highest BCUT2D eigenvalue weighted by molar-refractivity contribution is 7.98. The molecule has 7 heteroatoms. The van der Waals surface area contributed by atoms with Crippen LogP contribution in [0.3, 0.4) is 0 Å². The molecule has 0 radical (unpaired) electrons. The molecule has 28 heavy (non-hydrogen) atoms. The van der Waals surface area contributed by atoms with Crippen molar-refractivity contribution in [2.45, 2.75) is 17.9 Å². The van der Waals surface area contributed by atoms with E-state index in [4.69, 9.17) is 10.00 Å². The number of carbonyl (C=O) groups is 1. The fourth-order valence-electron chi connectivity index (χ4n) is 2.90. The second-order valence-corrected chi connectivity index (χ2v) is 6.75. The van der Waals surface area contributed by atoms with Crippen LogP contribution in [0.25, 0.3) is 5.52 Å². The smallest absolute Gasteiger partial charge is 0.342 e. The Kier molecular flexibility index (Phi) is 5.49. The van der Waals surface area contributed by atoms with Crippen LogP contribution >= 0.6 is 11.8 Å². The van der Waals surface area contributed by atoms with Crippen molar-refractivity contribution in [3.05, 3.63) is 81.3 Å². The number of thioether (sulfide) groups is 1. The molecule has 0 aliphatic carbocycles. The lowest BCUT2D eigenvalue weighted by Gasteiger charge is -2.17. The van der Waals surface area contributed by atoms with Crippen LogP contribution in [0.2, 0.25) is 0 Å². The monoisotopic (exact) mass is 389 g/mol. The molecule has 0 amide bonds. The lowest BCUT2D eigenvalue weighted by molar-refractivity contribution is 0.0335. The zero-order chi connectivity index (χ0) is 20.3. The van der Waals surface area contributed by atoms with Crippen molar-refractivity contribution < 1.29 is 9.53 Å². The largest absolute Gasteiger partial charge is 0.454 e. The number of ether oxygens (including phenoxy) is 1. The maximum atomic E-state index is 13.0. The second kappa shape index (κ2) is 7.99. The number of nitrogens with zero attached hydrogens (tertiary/aromatic N) is 3. The first-order valence-corrected chi connectivity index (χ1v) is 9.56. The highest BCUT2D eigenvalue weighted by atomic mass is 32.2. The number of hydrogen-bond acceptors (Lipinski definition) is 6. The molecule has 2 heterocycles. The summed E-state index contributed by atoms with van der Waals surface area (Å²) in [5.74, 6) is -0.624. The summed E-state index contributed by atoms with van der Waals surface area (Å²) < 4.78 is 6.91. The first-order valence-electron chi connectivity index (χ1n) is 8.34. The summed E-state index contributed by atoms with van der Waals surface area (Å²) in [5, 5.41) is 18.3. The molecule has 3 rings (SSSR count). The maximum Gasteiger partial charge on any atom is 0.342 e. The molecule has 0 saturated heterocycles. The molecular formula is C21H15N3O3S. The van der Waals surface area contributed by atoms with E-state index in [1.165, 1.54) is 10.6 Å². The van der Waals surface area contributed by atoms with Crippen LogP contribution in [0, 0.1) is 22.7 Å². The first-order chi connectivity index (χ1) is 13.5. The van der Waals surface area contributed by atoms with Gasteiger partial charge in [0.15, 0.2) is 0 Å². The summed E-state index contributed by atoms with van der Waals surface area (Å²) in [4.78, 5) is 25.9. The molecule has 1 aromatic carbocycles. The maximum absolute atomic E-state index is 13.0. The van der Waals surface area contributed by atoms with Crippen molar-refractivity contribution in [3.63, 3.8) is 0 Å². The number of rotatable bonds is 4. The van der Waals surface area contributed by atoms with Gasteiger partial charge in [-0.1, -0.05) is 18.2 Å². The Morgan fingerprint density at radius 3 is 2.46 bits per heavy atom. The summed E-state index contributed by atoms with van der Waals surface area (Å²) in [6.45, 7) is 1.72. The van der Waals surface area contributed by atoms with Gasteiger partial charge in [0.1, 0.15) is 17.7 Å². The van der Waals surface area contributed by atoms with Crippen molar-refractivity contribution in [1.82, 2.24) is 4.40 Å². The summed E-state index contributed by atoms with van der Waals surface area (Å²) in [6.07, 6.45) is 2.65. The van der Waals surface area contributed by atoms with Crippen LogP contribution in [0.4, 0.5) is 0 Å². The molecule has 0 N–H and O–H groups in total. The van der Waals surface area contributed by atoms with Gasteiger partial charge in [-0.05, 0) is 43.0 Å². The Hall–Kier alpha value is -3.55. The van der Waals surface area contributed by atoms with E-state index in [0.29, 0.717) is 16.0 Å². The van der Waals surface area contributed by atoms with Crippen LogP contribution in [0.5, 0.6) is 0 Å². The van der Waals surface area contributed by atoms with Gasteiger partial charge in [0.2, 0.25) is 0 Å². The molecule has 0 aliphatic rings. The number of aromatic nitrogens is 1. The van der Waals surface area contributed by atoms with Gasteiger partial charge in [0, 0.05) is 11.1 Å². The highest BCUT2D eigenvalue weighted by Crippen LogP contribution is 2.29. The average Bonchev–Trinajstić information content (AvgIpc) is 2.73.